The first-order chi connectivity index (χ1) is 7.89. The van der Waals surface area contributed by atoms with Crippen molar-refractivity contribution >= 4 is 9.84 Å². The first kappa shape index (κ1) is 12.5. The van der Waals surface area contributed by atoms with E-state index in [1.54, 1.807) is 13.0 Å². The molecule has 1 N–H and O–H groups in total. The summed E-state index contributed by atoms with van der Waals surface area (Å²) in [6.07, 6.45) is -0.456. The summed E-state index contributed by atoms with van der Waals surface area (Å²) in [6.45, 7) is 1.78. The minimum absolute atomic E-state index is 0.00980. The van der Waals surface area contributed by atoms with Gasteiger partial charge in [-0.1, -0.05) is 6.07 Å². The lowest BCUT2D eigenvalue weighted by Crippen LogP contribution is -2.15. The van der Waals surface area contributed by atoms with Crippen molar-refractivity contribution in [2.75, 3.05) is 11.5 Å². The Labute approximate surface area is 100 Å². The number of sulfone groups is 1. The van der Waals surface area contributed by atoms with E-state index in [0.29, 0.717) is 12.0 Å². The topological polar surface area (TPSA) is 54.4 Å². The van der Waals surface area contributed by atoms with E-state index in [0.717, 1.165) is 5.56 Å². The zero-order chi connectivity index (χ0) is 12.6. The first-order valence-electron chi connectivity index (χ1n) is 5.53. The summed E-state index contributed by atoms with van der Waals surface area (Å²) in [7, 11) is -3.03. The van der Waals surface area contributed by atoms with E-state index in [2.05, 4.69) is 0 Å². The SMILES string of the molecule is Cc1ccc(F)cc1C(O)C1CCS(=O)(=O)C1. The van der Waals surface area contributed by atoms with Gasteiger partial charge >= 0.3 is 0 Å². The normalized spacial score (nSPS) is 24.8. The average molecular weight is 258 g/mol. The molecule has 0 aliphatic carbocycles. The molecule has 0 aromatic heterocycles. The Hall–Kier alpha value is -0.940. The van der Waals surface area contributed by atoms with Crippen LogP contribution >= 0.6 is 0 Å². The highest BCUT2D eigenvalue weighted by Gasteiger charge is 2.34. The molecule has 0 saturated carbocycles. The third kappa shape index (κ3) is 2.66. The molecule has 0 radical (unpaired) electrons. The van der Waals surface area contributed by atoms with Crippen LogP contribution in [0.25, 0.3) is 0 Å². The molecule has 2 rings (SSSR count). The van der Waals surface area contributed by atoms with Gasteiger partial charge in [-0.25, -0.2) is 12.8 Å². The minimum Gasteiger partial charge on any atom is -0.388 e. The highest BCUT2D eigenvalue weighted by atomic mass is 32.2. The van der Waals surface area contributed by atoms with Gasteiger partial charge in [-0.3, -0.25) is 0 Å². The van der Waals surface area contributed by atoms with Crippen LogP contribution in [0.1, 0.15) is 23.7 Å². The lowest BCUT2D eigenvalue weighted by Gasteiger charge is -2.19. The van der Waals surface area contributed by atoms with Crippen LogP contribution in [0.4, 0.5) is 4.39 Å². The molecule has 0 bridgehead atoms. The smallest absolute Gasteiger partial charge is 0.150 e. The van der Waals surface area contributed by atoms with Gasteiger partial charge in [-0.2, -0.15) is 0 Å². The molecule has 1 fully saturated rings. The van der Waals surface area contributed by atoms with Crippen LogP contribution in [0.5, 0.6) is 0 Å². The second kappa shape index (κ2) is 4.38. The molecule has 17 heavy (non-hydrogen) atoms. The van der Waals surface area contributed by atoms with Gasteiger partial charge in [-0.05, 0) is 36.6 Å². The lowest BCUT2D eigenvalue weighted by molar-refractivity contribution is 0.120. The van der Waals surface area contributed by atoms with Gasteiger partial charge in [0.1, 0.15) is 5.82 Å². The molecule has 94 valence electrons. The molecule has 5 heteroatoms. The number of aryl methyl sites for hydroxylation is 1. The lowest BCUT2D eigenvalue weighted by atomic mass is 9.92. The van der Waals surface area contributed by atoms with Crippen molar-refractivity contribution < 1.29 is 17.9 Å². The molecule has 1 heterocycles. The van der Waals surface area contributed by atoms with Crippen molar-refractivity contribution in [1.29, 1.82) is 0 Å². The van der Waals surface area contributed by atoms with Gasteiger partial charge in [0.15, 0.2) is 9.84 Å². The van der Waals surface area contributed by atoms with Crippen molar-refractivity contribution in [2.45, 2.75) is 19.4 Å². The molecule has 1 aliphatic rings. The largest absolute Gasteiger partial charge is 0.388 e. The maximum Gasteiger partial charge on any atom is 0.150 e. The van der Waals surface area contributed by atoms with E-state index in [4.69, 9.17) is 0 Å². The Morgan fingerprint density at radius 2 is 2.18 bits per heavy atom. The van der Waals surface area contributed by atoms with Gasteiger partial charge in [0, 0.05) is 5.92 Å². The third-order valence-corrected chi connectivity index (χ3v) is 5.07. The van der Waals surface area contributed by atoms with Crippen LogP contribution < -0.4 is 0 Å². The Morgan fingerprint density at radius 1 is 1.47 bits per heavy atom. The molecule has 1 aromatic rings. The van der Waals surface area contributed by atoms with Crippen molar-refractivity contribution in [3.05, 3.63) is 35.1 Å². The molecule has 0 amide bonds. The van der Waals surface area contributed by atoms with E-state index in [9.17, 15) is 17.9 Å². The first-order valence-corrected chi connectivity index (χ1v) is 7.36. The highest BCUT2D eigenvalue weighted by molar-refractivity contribution is 7.91. The van der Waals surface area contributed by atoms with E-state index in [1.807, 2.05) is 0 Å². The van der Waals surface area contributed by atoms with Crippen LogP contribution in [-0.2, 0) is 9.84 Å². The van der Waals surface area contributed by atoms with E-state index in [1.165, 1.54) is 12.1 Å². The summed E-state index contributed by atoms with van der Waals surface area (Å²) in [5, 5.41) is 10.1. The number of benzene rings is 1. The second-order valence-corrected chi connectivity index (χ2v) is 6.84. The number of aliphatic hydroxyl groups excluding tert-OH is 1. The fourth-order valence-corrected chi connectivity index (χ4v) is 4.09. The van der Waals surface area contributed by atoms with Crippen molar-refractivity contribution in [1.82, 2.24) is 0 Å². The van der Waals surface area contributed by atoms with Crippen LogP contribution in [0.2, 0.25) is 0 Å². The Bertz CT molecular complexity index is 525. The summed E-state index contributed by atoms with van der Waals surface area (Å²) >= 11 is 0. The Balaban J connectivity index is 2.26. The molecule has 3 nitrogen and oxygen atoms in total. The zero-order valence-electron chi connectivity index (χ0n) is 9.56. The van der Waals surface area contributed by atoms with Crippen molar-refractivity contribution in [2.24, 2.45) is 5.92 Å². The molecule has 1 aliphatic heterocycles. The Kier molecular flexibility index (Phi) is 3.23. The second-order valence-electron chi connectivity index (χ2n) is 4.61. The van der Waals surface area contributed by atoms with Crippen LogP contribution in [0.3, 0.4) is 0 Å². The molecular formula is C12H15FO3S. The van der Waals surface area contributed by atoms with Crippen LogP contribution in [0, 0.1) is 18.7 Å². The Morgan fingerprint density at radius 3 is 2.76 bits per heavy atom. The van der Waals surface area contributed by atoms with E-state index in [-0.39, 0.29) is 17.4 Å². The monoisotopic (exact) mass is 258 g/mol. The fraction of sp³-hybridized carbons (Fsp3) is 0.500. The number of aliphatic hydroxyl groups is 1. The number of halogens is 1. The quantitative estimate of drug-likeness (QED) is 0.876. The maximum atomic E-state index is 13.1. The van der Waals surface area contributed by atoms with Gasteiger partial charge in [0.25, 0.3) is 0 Å². The predicted molar refractivity (Wildman–Crippen MR) is 62.9 cm³/mol. The zero-order valence-corrected chi connectivity index (χ0v) is 10.4. The number of hydrogen-bond acceptors (Lipinski definition) is 3. The van der Waals surface area contributed by atoms with Gasteiger partial charge in [0.05, 0.1) is 17.6 Å². The third-order valence-electron chi connectivity index (χ3n) is 3.27. The molecule has 2 atom stereocenters. The molecule has 0 spiro atoms. The van der Waals surface area contributed by atoms with E-state index < -0.39 is 21.8 Å². The van der Waals surface area contributed by atoms with Crippen molar-refractivity contribution in [3.8, 4) is 0 Å². The number of rotatable bonds is 2. The highest BCUT2D eigenvalue weighted by Crippen LogP contribution is 2.32. The van der Waals surface area contributed by atoms with Crippen LogP contribution in [0.15, 0.2) is 18.2 Å². The maximum absolute atomic E-state index is 13.1. The summed E-state index contributed by atoms with van der Waals surface area (Å²) in [4.78, 5) is 0. The minimum atomic E-state index is -3.03. The van der Waals surface area contributed by atoms with Crippen LogP contribution in [-0.4, -0.2) is 25.0 Å². The summed E-state index contributed by atoms with van der Waals surface area (Å²) in [5.74, 6) is -0.626. The predicted octanol–water partition coefficient (Wildman–Crippen LogP) is 1.60. The van der Waals surface area contributed by atoms with Gasteiger partial charge in [-0.15, -0.1) is 0 Å². The standard InChI is InChI=1S/C12H15FO3S/c1-8-2-3-10(13)6-11(8)12(14)9-4-5-17(15,16)7-9/h2-3,6,9,12,14H,4-5,7H2,1H3. The summed E-state index contributed by atoms with van der Waals surface area (Å²) in [5.41, 5.74) is 1.27. The fourth-order valence-electron chi connectivity index (χ4n) is 2.26. The van der Waals surface area contributed by atoms with Gasteiger partial charge < -0.3 is 5.11 Å². The molecule has 2 unspecified atom stereocenters. The summed E-state index contributed by atoms with van der Waals surface area (Å²) < 4.78 is 35.8. The molecule has 1 aromatic carbocycles. The number of hydrogen-bond donors (Lipinski definition) is 1. The van der Waals surface area contributed by atoms with Crippen molar-refractivity contribution in [3.63, 3.8) is 0 Å². The molecule has 1 saturated heterocycles. The van der Waals surface area contributed by atoms with E-state index >= 15 is 0 Å². The average Bonchev–Trinajstić information content (AvgIpc) is 2.61. The summed E-state index contributed by atoms with van der Waals surface area (Å²) in [6, 6.07) is 4.21. The van der Waals surface area contributed by atoms with Gasteiger partial charge in [0.2, 0.25) is 0 Å². The molecular weight excluding hydrogens is 243 g/mol.